The summed E-state index contributed by atoms with van der Waals surface area (Å²) in [6.07, 6.45) is 3.28. The van der Waals surface area contributed by atoms with Crippen LogP contribution in [0.15, 0.2) is 27.1 Å². The van der Waals surface area contributed by atoms with Gasteiger partial charge in [0.25, 0.3) is 0 Å². The minimum atomic E-state index is 0. The third-order valence-corrected chi connectivity index (χ3v) is 4.50. The van der Waals surface area contributed by atoms with Gasteiger partial charge in [0.15, 0.2) is 5.52 Å². The van der Waals surface area contributed by atoms with Crippen LogP contribution in [-0.2, 0) is 0 Å². The Morgan fingerprint density at radius 3 is 2.38 bits per heavy atom. The smallest absolute Gasteiger partial charge is 0.183 e. The average molecular weight is 359 g/mol. The Morgan fingerprint density at radius 2 is 1.88 bits per heavy atom. The third-order valence-electron chi connectivity index (χ3n) is 2.01. The molecule has 0 N–H and O–H groups in total. The summed E-state index contributed by atoms with van der Waals surface area (Å²) in [5.74, 6) is 0. The molecule has 0 saturated carbocycles. The molecule has 1 nitrogen and oxygen atoms in total. The van der Waals surface area contributed by atoms with Gasteiger partial charge in [0, 0.05) is 27.8 Å². The summed E-state index contributed by atoms with van der Waals surface area (Å²) in [4.78, 5) is 11.9. The normalized spacial score (nSPS) is 10.4. The van der Waals surface area contributed by atoms with Crippen molar-refractivity contribution in [3.05, 3.63) is 32.7 Å². The molecule has 1 unspecified atom stereocenters. The van der Waals surface area contributed by atoms with E-state index in [9.17, 15) is 4.79 Å². The van der Waals surface area contributed by atoms with Crippen molar-refractivity contribution in [3.63, 3.8) is 0 Å². The van der Waals surface area contributed by atoms with Crippen LogP contribution in [-0.4, -0.2) is 30.5 Å². The molecular formula is C11H13Br2LiOP. The zero-order valence-electron chi connectivity index (χ0n) is 9.52. The second-order valence-electron chi connectivity index (χ2n) is 3.21. The first-order chi connectivity index (χ1) is 7.16. The van der Waals surface area contributed by atoms with Crippen molar-refractivity contribution in [2.45, 2.75) is 19.8 Å². The number of benzene rings is 1. The molecule has 0 amide bonds. The summed E-state index contributed by atoms with van der Waals surface area (Å²) >= 11 is 6.82. The standard InChI is InChI=1S/C11H13Br2OP.Li/c1-2-3-7-15-11(14)10-8(12)5-4-6-9(10)13;/h4-6,15H,2-3,7H2,1H3;. The van der Waals surface area contributed by atoms with Crippen molar-refractivity contribution in [2.24, 2.45) is 0 Å². The molecular weight excluding hydrogens is 346 g/mol. The van der Waals surface area contributed by atoms with Gasteiger partial charge >= 0.3 is 0 Å². The second kappa shape index (κ2) is 8.89. The molecule has 1 rings (SSSR count). The summed E-state index contributed by atoms with van der Waals surface area (Å²) in [6, 6.07) is 5.73. The summed E-state index contributed by atoms with van der Waals surface area (Å²) in [6.45, 7) is 2.14. The van der Waals surface area contributed by atoms with Crippen molar-refractivity contribution in [3.8, 4) is 0 Å². The number of hydrogen-bond acceptors (Lipinski definition) is 1. The van der Waals surface area contributed by atoms with E-state index in [1.165, 1.54) is 0 Å². The van der Waals surface area contributed by atoms with Crippen molar-refractivity contribution >= 4 is 64.8 Å². The van der Waals surface area contributed by atoms with Gasteiger partial charge in [-0.15, -0.1) is 0 Å². The van der Waals surface area contributed by atoms with Crippen LogP contribution >= 0.6 is 40.4 Å². The van der Waals surface area contributed by atoms with Gasteiger partial charge in [0.05, 0.1) is 5.56 Å². The van der Waals surface area contributed by atoms with E-state index >= 15 is 0 Å². The molecule has 1 radical (unpaired) electrons. The zero-order valence-corrected chi connectivity index (χ0v) is 13.7. The summed E-state index contributed by atoms with van der Waals surface area (Å²) in [5, 5.41) is 0. The molecule has 1 aromatic rings. The van der Waals surface area contributed by atoms with Gasteiger partial charge in [-0.05, 0) is 65.2 Å². The molecule has 1 atom stereocenters. The van der Waals surface area contributed by atoms with E-state index in [4.69, 9.17) is 0 Å². The number of carbonyl (C=O) groups is 1. The maximum atomic E-state index is 11.9. The van der Waals surface area contributed by atoms with Gasteiger partial charge < -0.3 is 0 Å². The SMILES string of the molecule is CCCCPC(=O)c1c(Br)cccc1Br.[Li]. The number of carbonyl (C=O) groups excluding carboxylic acids is 1. The Kier molecular flexibility index (Phi) is 9.38. The van der Waals surface area contributed by atoms with Gasteiger partial charge in [0.1, 0.15) is 0 Å². The monoisotopic (exact) mass is 357 g/mol. The maximum Gasteiger partial charge on any atom is 0.183 e. The molecule has 83 valence electrons. The van der Waals surface area contributed by atoms with E-state index < -0.39 is 0 Å². The first-order valence-electron chi connectivity index (χ1n) is 4.89. The van der Waals surface area contributed by atoms with Gasteiger partial charge in [-0.3, -0.25) is 4.79 Å². The molecule has 0 spiro atoms. The van der Waals surface area contributed by atoms with Crippen LogP contribution < -0.4 is 0 Å². The van der Waals surface area contributed by atoms with E-state index in [1.54, 1.807) is 0 Å². The Balaban J connectivity index is 0.00000225. The zero-order chi connectivity index (χ0) is 11.3. The van der Waals surface area contributed by atoms with Crippen molar-refractivity contribution in [1.82, 2.24) is 0 Å². The fraction of sp³-hybridized carbons (Fsp3) is 0.364. The Bertz CT molecular complexity index is 338. The molecule has 0 aromatic heterocycles. The molecule has 0 heterocycles. The summed E-state index contributed by atoms with van der Waals surface area (Å²) < 4.78 is 1.76. The van der Waals surface area contributed by atoms with Crippen LogP contribution in [0.4, 0.5) is 0 Å². The van der Waals surface area contributed by atoms with Crippen LogP contribution in [0.5, 0.6) is 0 Å². The fourth-order valence-corrected chi connectivity index (χ4v) is 4.11. The van der Waals surface area contributed by atoms with Crippen LogP contribution in [0, 0.1) is 0 Å². The Hall–Kier alpha value is 0.877. The molecule has 0 saturated heterocycles. The predicted octanol–water partition coefficient (Wildman–Crippen LogP) is 4.45. The fourth-order valence-electron chi connectivity index (χ4n) is 1.18. The number of hydrogen-bond donors (Lipinski definition) is 0. The molecule has 5 heteroatoms. The molecule has 0 fully saturated rings. The van der Waals surface area contributed by atoms with Crippen molar-refractivity contribution in [1.29, 1.82) is 0 Å². The average Bonchev–Trinajstić information content (AvgIpc) is 2.18. The van der Waals surface area contributed by atoms with Crippen molar-refractivity contribution < 1.29 is 4.79 Å². The molecule has 1 aromatic carbocycles. The van der Waals surface area contributed by atoms with E-state index in [-0.39, 0.29) is 24.4 Å². The Morgan fingerprint density at radius 1 is 1.31 bits per heavy atom. The van der Waals surface area contributed by atoms with Crippen molar-refractivity contribution in [2.75, 3.05) is 6.16 Å². The minimum Gasteiger partial charge on any atom is -0.289 e. The molecule has 16 heavy (non-hydrogen) atoms. The minimum absolute atomic E-state index is 0. The Labute approximate surface area is 127 Å². The van der Waals surface area contributed by atoms with Gasteiger partial charge in [0.2, 0.25) is 0 Å². The molecule has 0 aliphatic heterocycles. The quantitative estimate of drug-likeness (QED) is 0.431. The van der Waals surface area contributed by atoms with Crippen LogP contribution in [0.1, 0.15) is 30.1 Å². The van der Waals surface area contributed by atoms with E-state index in [0.29, 0.717) is 8.58 Å². The summed E-state index contributed by atoms with van der Waals surface area (Å²) in [7, 11) is 0.384. The van der Waals surface area contributed by atoms with Gasteiger partial charge in [-0.1, -0.05) is 19.4 Å². The third kappa shape index (κ3) is 5.03. The number of unbranched alkanes of at least 4 members (excludes halogenated alkanes) is 1. The summed E-state index contributed by atoms with van der Waals surface area (Å²) in [5.41, 5.74) is 1.02. The molecule has 0 aliphatic rings. The van der Waals surface area contributed by atoms with Crippen LogP contribution in [0.2, 0.25) is 0 Å². The number of halogens is 2. The number of rotatable bonds is 5. The van der Waals surface area contributed by atoms with Gasteiger partial charge in [-0.25, -0.2) is 0 Å². The van der Waals surface area contributed by atoms with E-state index in [1.807, 2.05) is 18.2 Å². The predicted molar refractivity (Wildman–Crippen MR) is 80.0 cm³/mol. The first kappa shape index (κ1) is 16.9. The van der Waals surface area contributed by atoms with E-state index in [2.05, 4.69) is 38.8 Å². The van der Waals surface area contributed by atoms with Gasteiger partial charge in [-0.2, -0.15) is 0 Å². The molecule has 0 bridgehead atoms. The topological polar surface area (TPSA) is 17.1 Å². The largest absolute Gasteiger partial charge is 0.289 e. The molecule has 0 aliphatic carbocycles. The van der Waals surface area contributed by atoms with Crippen LogP contribution in [0.3, 0.4) is 0 Å². The van der Waals surface area contributed by atoms with Crippen LogP contribution in [0.25, 0.3) is 0 Å². The maximum absolute atomic E-state index is 11.9. The second-order valence-corrected chi connectivity index (χ2v) is 6.22. The first-order valence-corrected chi connectivity index (χ1v) is 7.68. The van der Waals surface area contributed by atoms with E-state index in [0.717, 1.165) is 33.5 Å².